The number of hydrogen-bond acceptors (Lipinski definition) is 2. The Kier molecular flexibility index (Phi) is 4.58. The highest BCUT2D eigenvalue weighted by Gasteiger charge is 2.39. The van der Waals surface area contributed by atoms with Gasteiger partial charge in [-0.2, -0.15) is 0 Å². The number of likely N-dealkylation sites (N-methyl/N-ethyl adjacent to an activating group) is 1. The van der Waals surface area contributed by atoms with E-state index >= 15 is 0 Å². The molecule has 3 heteroatoms. The second-order valence-electron chi connectivity index (χ2n) is 5.94. The normalized spacial score (nSPS) is 21.1. The van der Waals surface area contributed by atoms with Gasteiger partial charge in [0.05, 0.1) is 0 Å². The molecular formula is C16H25FN2. The standard InChI is InChI=1S/C16H25FN2/c1-19(2)16(11-5-3-4-6-12-16)15(18)13-7-9-14(17)10-8-13/h7-10,15H,3-6,11-12,18H2,1-2H3. The second-order valence-corrected chi connectivity index (χ2v) is 5.94. The molecule has 1 aromatic carbocycles. The van der Waals surface area contributed by atoms with Crippen molar-refractivity contribution in [1.29, 1.82) is 0 Å². The largest absolute Gasteiger partial charge is 0.322 e. The summed E-state index contributed by atoms with van der Waals surface area (Å²) >= 11 is 0. The van der Waals surface area contributed by atoms with Crippen molar-refractivity contribution in [3.8, 4) is 0 Å². The molecule has 0 radical (unpaired) electrons. The molecule has 106 valence electrons. The number of nitrogens with two attached hydrogens (primary N) is 1. The lowest BCUT2D eigenvalue weighted by atomic mass is 9.78. The summed E-state index contributed by atoms with van der Waals surface area (Å²) in [4.78, 5) is 2.28. The zero-order valence-electron chi connectivity index (χ0n) is 12.0. The molecule has 19 heavy (non-hydrogen) atoms. The van der Waals surface area contributed by atoms with Crippen molar-refractivity contribution in [2.45, 2.75) is 50.1 Å². The second kappa shape index (κ2) is 6.02. The van der Waals surface area contributed by atoms with Crippen LogP contribution in [-0.4, -0.2) is 24.5 Å². The van der Waals surface area contributed by atoms with Crippen LogP contribution in [-0.2, 0) is 0 Å². The van der Waals surface area contributed by atoms with Gasteiger partial charge in [0.1, 0.15) is 5.82 Å². The quantitative estimate of drug-likeness (QED) is 0.847. The van der Waals surface area contributed by atoms with Crippen LogP contribution in [0.25, 0.3) is 0 Å². The minimum absolute atomic E-state index is 0.00826. The zero-order chi connectivity index (χ0) is 13.9. The molecule has 1 saturated carbocycles. The minimum atomic E-state index is -0.198. The Hall–Kier alpha value is -0.930. The lowest BCUT2D eigenvalue weighted by Crippen LogP contribution is -2.52. The summed E-state index contributed by atoms with van der Waals surface area (Å²) in [6.45, 7) is 0. The van der Waals surface area contributed by atoms with E-state index in [9.17, 15) is 4.39 Å². The maximum atomic E-state index is 13.1. The molecule has 2 N–H and O–H groups in total. The first-order valence-corrected chi connectivity index (χ1v) is 7.25. The van der Waals surface area contributed by atoms with Crippen LogP contribution in [0.2, 0.25) is 0 Å². The van der Waals surface area contributed by atoms with E-state index in [1.54, 1.807) is 0 Å². The molecule has 0 aromatic heterocycles. The minimum Gasteiger partial charge on any atom is -0.322 e. The van der Waals surface area contributed by atoms with E-state index in [1.807, 2.05) is 12.1 Å². The van der Waals surface area contributed by atoms with Crippen LogP contribution in [0.3, 0.4) is 0 Å². The molecule has 2 rings (SSSR count). The van der Waals surface area contributed by atoms with Crippen molar-refractivity contribution in [3.05, 3.63) is 35.6 Å². The van der Waals surface area contributed by atoms with Gasteiger partial charge in [-0.1, -0.05) is 37.8 Å². The van der Waals surface area contributed by atoms with Gasteiger partial charge >= 0.3 is 0 Å². The number of hydrogen-bond donors (Lipinski definition) is 1. The van der Waals surface area contributed by atoms with Gasteiger partial charge in [0.15, 0.2) is 0 Å². The first kappa shape index (κ1) is 14.5. The number of halogens is 1. The van der Waals surface area contributed by atoms with Crippen LogP contribution in [0, 0.1) is 5.82 Å². The first-order valence-electron chi connectivity index (χ1n) is 7.25. The average Bonchev–Trinajstić information content (AvgIpc) is 2.65. The molecule has 1 aliphatic carbocycles. The Morgan fingerprint density at radius 2 is 1.58 bits per heavy atom. The van der Waals surface area contributed by atoms with Crippen LogP contribution in [0.4, 0.5) is 4.39 Å². The average molecular weight is 264 g/mol. The number of benzene rings is 1. The van der Waals surface area contributed by atoms with Crippen molar-refractivity contribution >= 4 is 0 Å². The summed E-state index contributed by atoms with van der Waals surface area (Å²) in [6.07, 6.45) is 7.30. The van der Waals surface area contributed by atoms with Gasteiger partial charge in [0.25, 0.3) is 0 Å². The summed E-state index contributed by atoms with van der Waals surface area (Å²) < 4.78 is 13.1. The molecule has 1 aromatic rings. The summed E-state index contributed by atoms with van der Waals surface area (Å²) in [5.74, 6) is -0.198. The van der Waals surface area contributed by atoms with Crippen LogP contribution >= 0.6 is 0 Å². The molecule has 0 bridgehead atoms. The van der Waals surface area contributed by atoms with Crippen LogP contribution in [0.15, 0.2) is 24.3 Å². The summed E-state index contributed by atoms with van der Waals surface area (Å²) in [7, 11) is 4.24. The Labute approximate surface area is 115 Å². The summed E-state index contributed by atoms with van der Waals surface area (Å²) in [5.41, 5.74) is 7.61. The third kappa shape index (κ3) is 2.98. The molecule has 1 fully saturated rings. The van der Waals surface area contributed by atoms with E-state index in [1.165, 1.54) is 37.8 Å². The van der Waals surface area contributed by atoms with Crippen molar-refractivity contribution in [1.82, 2.24) is 4.90 Å². The van der Waals surface area contributed by atoms with Crippen LogP contribution in [0.5, 0.6) is 0 Å². The monoisotopic (exact) mass is 264 g/mol. The highest BCUT2D eigenvalue weighted by atomic mass is 19.1. The molecule has 0 spiro atoms. The highest BCUT2D eigenvalue weighted by Crippen LogP contribution is 2.39. The van der Waals surface area contributed by atoms with E-state index in [0.717, 1.165) is 18.4 Å². The van der Waals surface area contributed by atoms with Gasteiger partial charge in [0.2, 0.25) is 0 Å². The summed E-state index contributed by atoms with van der Waals surface area (Å²) in [5, 5.41) is 0. The maximum Gasteiger partial charge on any atom is 0.123 e. The van der Waals surface area contributed by atoms with Crippen molar-refractivity contribution in [2.75, 3.05) is 14.1 Å². The molecule has 0 heterocycles. The van der Waals surface area contributed by atoms with Crippen LogP contribution < -0.4 is 5.73 Å². The van der Waals surface area contributed by atoms with E-state index in [2.05, 4.69) is 19.0 Å². The van der Waals surface area contributed by atoms with Crippen molar-refractivity contribution in [2.24, 2.45) is 5.73 Å². The smallest absolute Gasteiger partial charge is 0.123 e. The topological polar surface area (TPSA) is 29.3 Å². The number of nitrogens with zero attached hydrogens (tertiary/aromatic N) is 1. The maximum absolute atomic E-state index is 13.1. The highest BCUT2D eigenvalue weighted by molar-refractivity contribution is 5.24. The Balaban J connectivity index is 2.29. The van der Waals surface area contributed by atoms with Gasteiger partial charge < -0.3 is 10.6 Å². The Bertz CT molecular complexity index is 392. The predicted octanol–water partition coefficient (Wildman–Crippen LogP) is 3.48. The van der Waals surface area contributed by atoms with Gasteiger partial charge in [-0.25, -0.2) is 4.39 Å². The third-order valence-corrected chi connectivity index (χ3v) is 4.67. The predicted molar refractivity (Wildman–Crippen MR) is 77.4 cm³/mol. The molecule has 1 aliphatic rings. The lowest BCUT2D eigenvalue weighted by molar-refractivity contribution is 0.0968. The molecule has 2 nitrogen and oxygen atoms in total. The molecule has 0 amide bonds. The van der Waals surface area contributed by atoms with Gasteiger partial charge in [-0.3, -0.25) is 0 Å². The van der Waals surface area contributed by atoms with E-state index in [-0.39, 0.29) is 17.4 Å². The fourth-order valence-electron chi connectivity index (χ4n) is 3.36. The summed E-state index contributed by atoms with van der Waals surface area (Å²) in [6, 6.07) is 6.62. The Morgan fingerprint density at radius 3 is 2.05 bits per heavy atom. The fourth-order valence-corrected chi connectivity index (χ4v) is 3.36. The number of rotatable bonds is 3. The molecular weight excluding hydrogens is 239 g/mol. The van der Waals surface area contributed by atoms with Crippen LogP contribution in [0.1, 0.15) is 50.1 Å². The Morgan fingerprint density at radius 1 is 1.05 bits per heavy atom. The molecule has 1 unspecified atom stereocenters. The first-order chi connectivity index (χ1) is 9.06. The van der Waals surface area contributed by atoms with E-state index in [4.69, 9.17) is 5.73 Å². The molecule has 0 aliphatic heterocycles. The fraction of sp³-hybridized carbons (Fsp3) is 0.625. The van der Waals surface area contributed by atoms with Crippen molar-refractivity contribution < 1.29 is 4.39 Å². The lowest BCUT2D eigenvalue weighted by Gasteiger charge is -2.44. The zero-order valence-corrected chi connectivity index (χ0v) is 12.0. The third-order valence-electron chi connectivity index (χ3n) is 4.67. The van der Waals surface area contributed by atoms with Gasteiger partial charge in [-0.15, -0.1) is 0 Å². The molecule has 0 saturated heterocycles. The van der Waals surface area contributed by atoms with Crippen molar-refractivity contribution in [3.63, 3.8) is 0 Å². The van der Waals surface area contributed by atoms with Gasteiger partial charge in [0, 0.05) is 11.6 Å². The molecule has 1 atom stereocenters. The van der Waals surface area contributed by atoms with E-state index in [0.29, 0.717) is 0 Å². The van der Waals surface area contributed by atoms with E-state index < -0.39 is 0 Å². The SMILES string of the molecule is CN(C)C1(C(N)c2ccc(F)cc2)CCCCCC1. The van der Waals surface area contributed by atoms with Gasteiger partial charge in [-0.05, 0) is 44.6 Å².